The van der Waals surface area contributed by atoms with E-state index in [2.05, 4.69) is 21.3 Å². The lowest BCUT2D eigenvalue weighted by Gasteiger charge is -2.11. The summed E-state index contributed by atoms with van der Waals surface area (Å²) in [5.41, 5.74) is 3.38. The number of rotatable bonds is 7. The van der Waals surface area contributed by atoms with Crippen LogP contribution in [0.15, 0.2) is 78.9 Å². The number of para-hydroxylation sites is 2. The Bertz CT molecular complexity index is 1050. The molecular formula is C24H24N4O3. The first-order chi connectivity index (χ1) is 15.0. The highest BCUT2D eigenvalue weighted by atomic mass is 16.2. The van der Waals surface area contributed by atoms with Crippen molar-refractivity contribution in [1.29, 1.82) is 0 Å². The molecule has 0 aromatic heterocycles. The first-order valence-electron chi connectivity index (χ1n) is 9.94. The summed E-state index contributed by atoms with van der Waals surface area (Å²) in [5, 5.41) is 10.8. The number of urea groups is 1. The molecule has 0 unspecified atom stereocenters. The largest absolute Gasteiger partial charge is 0.343 e. The standard InChI is InChI=1S/C24H24N4O3/c1-2-17-8-6-7-11-21(17)28-22(29)16-25-23(30)18-12-14-20(15-13-18)27-24(31)26-19-9-4-3-5-10-19/h3-15H,2,16H2,1H3,(H,25,30)(H,28,29)(H2,26,27,31). The number of nitrogens with one attached hydrogen (secondary N) is 4. The highest BCUT2D eigenvalue weighted by Gasteiger charge is 2.10. The van der Waals surface area contributed by atoms with Gasteiger partial charge in [0.05, 0.1) is 6.54 Å². The Balaban J connectivity index is 1.48. The number of benzene rings is 3. The van der Waals surface area contributed by atoms with Gasteiger partial charge in [0.2, 0.25) is 5.91 Å². The minimum absolute atomic E-state index is 0.142. The van der Waals surface area contributed by atoms with E-state index in [0.29, 0.717) is 16.9 Å². The summed E-state index contributed by atoms with van der Waals surface area (Å²) in [6, 6.07) is 22.6. The Morgan fingerprint density at radius 3 is 2.00 bits per heavy atom. The molecule has 0 fully saturated rings. The number of carbonyl (C=O) groups excluding carboxylic acids is 3. The maximum atomic E-state index is 12.3. The number of carbonyl (C=O) groups is 3. The van der Waals surface area contributed by atoms with Gasteiger partial charge in [-0.3, -0.25) is 9.59 Å². The van der Waals surface area contributed by atoms with Crippen LogP contribution in [0.1, 0.15) is 22.8 Å². The van der Waals surface area contributed by atoms with Gasteiger partial charge in [0, 0.05) is 22.6 Å². The minimum Gasteiger partial charge on any atom is -0.343 e. The third kappa shape index (κ3) is 6.43. The first-order valence-corrected chi connectivity index (χ1v) is 9.94. The van der Waals surface area contributed by atoms with Gasteiger partial charge < -0.3 is 21.3 Å². The molecule has 0 aliphatic heterocycles. The Hall–Kier alpha value is -4.13. The number of hydrogen-bond acceptors (Lipinski definition) is 3. The average molecular weight is 416 g/mol. The molecule has 4 amide bonds. The average Bonchev–Trinajstić information content (AvgIpc) is 2.79. The summed E-state index contributed by atoms with van der Waals surface area (Å²) >= 11 is 0. The maximum absolute atomic E-state index is 12.3. The molecule has 0 spiro atoms. The zero-order valence-electron chi connectivity index (χ0n) is 17.1. The smallest absolute Gasteiger partial charge is 0.323 e. The van der Waals surface area contributed by atoms with Crippen LogP contribution in [0.25, 0.3) is 0 Å². The van der Waals surface area contributed by atoms with E-state index in [1.807, 2.05) is 49.4 Å². The van der Waals surface area contributed by atoms with Crippen molar-refractivity contribution >= 4 is 34.9 Å². The predicted molar refractivity (Wildman–Crippen MR) is 122 cm³/mol. The van der Waals surface area contributed by atoms with E-state index in [9.17, 15) is 14.4 Å². The molecule has 0 radical (unpaired) electrons. The Kier molecular flexibility index (Phi) is 7.37. The fourth-order valence-corrected chi connectivity index (χ4v) is 2.93. The van der Waals surface area contributed by atoms with Crippen molar-refractivity contribution in [3.63, 3.8) is 0 Å². The highest BCUT2D eigenvalue weighted by molar-refractivity contribution is 6.01. The molecule has 3 aromatic rings. The second-order valence-corrected chi connectivity index (χ2v) is 6.76. The van der Waals surface area contributed by atoms with Crippen molar-refractivity contribution in [2.45, 2.75) is 13.3 Å². The van der Waals surface area contributed by atoms with Gasteiger partial charge in [-0.15, -0.1) is 0 Å². The predicted octanol–water partition coefficient (Wildman–Crippen LogP) is 4.26. The second kappa shape index (κ2) is 10.6. The van der Waals surface area contributed by atoms with Gasteiger partial charge >= 0.3 is 6.03 Å². The molecule has 7 heteroatoms. The van der Waals surface area contributed by atoms with E-state index >= 15 is 0 Å². The van der Waals surface area contributed by atoms with Crippen LogP contribution >= 0.6 is 0 Å². The normalized spacial score (nSPS) is 10.1. The molecule has 3 aromatic carbocycles. The summed E-state index contributed by atoms with van der Waals surface area (Å²) in [6.07, 6.45) is 0.798. The maximum Gasteiger partial charge on any atom is 0.323 e. The van der Waals surface area contributed by atoms with Crippen molar-refractivity contribution in [3.8, 4) is 0 Å². The fourth-order valence-electron chi connectivity index (χ4n) is 2.93. The van der Waals surface area contributed by atoms with Crippen LogP contribution in [0, 0.1) is 0 Å². The van der Waals surface area contributed by atoms with Gasteiger partial charge in [0.15, 0.2) is 0 Å². The van der Waals surface area contributed by atoms with Crippen molar-refractivity contribution < 1.29 is 14.4 Å². The van der Waals surface area contributed by atoms with Gasteiger partial charge in [-0.1, -0.05) is 43.3 Å². The van der Waals surface area contributed by atoms with Crippen LogP contribution in [0.3, 0.4) is 0 Å². The third-order valence-electron chi connectivity index (χ3n) is 4.52. The van der Waals surface area contributed by atoms with E-state index in [1.54, 1.807) is 36.4 Å². The van der Waals surface area contributed by atoms with Gasteiger partial charge in [-0.2, -0.15) is 0 Å². The summed E-state index contributed by atoms with van der Waals surface area (Å²) < 4.78 is 0. The summed E-state index contributed by atoms with van der Waals surface area (Å²) in [7, 11) is 0. The number of hydrogen-bond donors (Lipinski definition) is 4. The molecule has 0 saturated carbocycles. The monoisotopic (exact) mass is 416 g/mol. The molecule has 0 atom stereocenters. The molecule has 0 saturated heterocycles. The van der Waals surface area contributed by atoms with Crippen LogP contribution in [-0.2, 0) is 11.2 Å². The number of amides is 4. The zero-order valence-corrected chi connectivity index (χ0v) is 17.1. The zero-order chi connectivity index (χ0) is 22.1. The summed E-state index contributed by atoms with van der Waals surface area (Å²) in [5.74, 6) is -0.677. The van der Waals surface area contributed by atoms with Gasteiger partial charge in [0.25, 0.3) is 5.91 Å². The van der Waals surface area contributed by atoms with Crippen molar-refractivity contribution in [2.24, 2.45) is 0 Å². The Morgan fingerprint density at radius 2 is 1.32 bits per heavy atom. The lowest BCUT2D eigenvalue weighted by atomic mass is 10.1. The van der Waals surface area contributed by atoms with Crippen molar-refractivity contribution in [1.82, 2.24) is 5.32 Å². The van der Waals surface area contributed by atoms with Crippen LogP contribution in [0.2, 0.25) is 0 Å². The lowest BCUT2D eigenvalue weighted by Crippen LogP contribution is -2.33. The lowest BCUT2D eigenvalue weighted by molar-refractivity contribution is -0.115. The molecule has 0 heterocycles. The quantitative estimate of drug-likeness (QED) is 0.463. The summed E-state index contributed by atoms with van der Waals surface area (Å²) in [4.78, 5) is 36.5. The van der Waals surface area contributed by atoms with Crippen LogP contribution in [0.5, 0.6) is 0 Å². The molecule has 7 nitrogen and oxygen atoms in total. The number of anilines is 3. The fraction of sp³-hybridized carbons (Fsp3) is 0.125. The van der Waals surface area contributed by atoms with E-state index in [4.69, 9.17) is 0 Å². The van der Waals surface area contributed by atoms with Gasteiger partial charge in [0.1, 0.15) is 0 Å². The Morgan fingerprint density at radius 1 is 0.710 bits per heavy atom. The summed E-state index contributed by atoms with van der Waals surface area (Å²) in [6.45, 7) is 1.87. The van der Waals surface area contributed by atoms with Crippen molar-refractivity contribution in [3.05, 3.63) is 90.0 Å². The van der Waals surface area contributed by atoms with Gasteiger partial charge in [-0.05, 0) is 54.4 Å². The van der Waals surface area contributed by atoms with Crippen LogP contribution in [-0.4, -0.2) is 24.4 Å². The van der Waals surface area contributed by atoms with Gasteiger partial charge in [-0.25, -0.2) is 4.79 Å². The molecule has 3 rings (SSSR count). The van der Waals surface area contributed by atoms with E-state index in [-0.39, 0.29) is 24.4 Å². The molecule has 4 N–H and O–H groups in total. The van der Waals surface area contributed by atoms with Crippen molar-refractivity contribution in [2.75, 3.05) is 22.5 Å². The van der Waals surface area contributed by atoms with Crippen LogP contribution in [0.4, 0.5) is 21.9 Å². The molecule has 0 aliphatic carbocycles. The second-order valence-electron chi connectivity index (χ2n) is 6.76. The SMILES string of the molecule is CCc1ccccc1NC(=O)CNC(=O)c1ccc(NC(=O)Nc2ccccc2)cc1. The van der Waals surface area contributed by atoms with E-state index in [0.717, 1.165) is 17.7 Å². The third-order valence-corrected chi connectivity index (χ3v) is 4.52. The van der Waals surface area contributed by atoms with E-state index < -0.39 is 0 Å². The minimum atomic E-state index is -0.382. The molecule has 0 bridgehead atoms. The topological polar surface area (TPSA) is 99.3 Å². The first kappa shape index (κ1) is 21.6. The molecule has 31 heavy (non-hydrogen) atoms. The highest BCUT2D eigenvalue weighted by Crippen LogP contribution is 2.15. The molecular weight excluding hydrogens is 392 g/mol. The Labute approximate surface area is 180 Å². The molecule has 158 valence electrons. The van der Waals surface area contributed by atoms with E-state index in [1.165, 1.54) is 0 Å². The number of aryl methyl sites for hydroxylation is 1. The van der Waals surface area contributed by atoms with Crippen LogP contribution < -0.4 is 21.3 Å². The molecule has 0 aliphatic rings.